The van der Waals surface area contributed by atoms with Crippen LogP contribution in [0, 0.1) is 0 Å². The van der Waals surface area contributed by atoms with Crippen LogP contribution in [0.5, 0.6) is 0 Å². The Balaban J connectivity index is 2.52. The van der Waals surface area contributed by atoms with Crippen LogP contribution in [-0.2, 0) is 4.79 Å². The quantitative estimate of drug-likeness (QED) is 0.746. The van der Waals surface area contributed by atoms with Crippen LogP contribution in [0.25, 0.3) is 0 Å². The fourth-order valence-electron chi connectivity index (χ4n) is 0.968. The lowest BCUT2D eigenvalue weighted by Gasteiger charge is -2.11. The third-order valence-corrected chi connectivity index (χ3v) is 2.13. The van der Waals surface area contributed by atoms with Gasteiger partial charge in [0.15, 0.2) is 0 Å². The number of carbonyl (C=O) groups is 2. The number of nitrogens with one attached hydrogen (secondary N) is 2. The molecule has 3 amide bonds. The van der Waals surface area contributed by atoms with Crippen LogP contribution in [0.4, 0.5) is 10.5 Å². The van der Waals surface area contributed by atoms with Crippen molar-refractivity contribution in [3.8, 4) is 0 Å². The van der Waals surface area contributed by atoms with Gasteiger partial charge >= 0.3 is 6.03 Å². The summed E-state index contributed by atoms with van der Waals surface area (Å²) in [7, 11) is 0. The van der Waals surface area contributed by atoms with E-state index in [0.717, 1.165) is 0 Å². The molecule has 0 spiro atoms. The summed E-state index contributed by atoms with van der Waals surface area (Å²) < 4.78 is 0. The van der Waals surface area contributed by atoms with Gasteiger partial charge in [-0.15, -0.1) is 0 Å². The fourth-order valence-corrected chi connectivity index (χ4v) is 1.09. The number of primary amides is 1. The molecule has 0 aliphatic carbocycles. The van der Waals surface area contributed by atoms with Gasteiger partial charge in [0.1, 0.15) is 6.04 Å². The Kier molecular flexibility index (Phi) is 4.13. The maximum absolute atomic E-state index is 11.3. The lowest BCUT2D eigenvalue weighted by molar-refractivity contribution is -0.119. The van der Waals surface area contributed by atoms with Gasteiger partial charge in [0.2, 0.25) is 5.91 Å². The number of amides is 3. The highest BCUT2D eigenvalue weighted by molar-refractivity contribution is 6.30. The molecule has 1 atom stereocenters. The molecule has 0 fully saturated rings. The predicted octanol–water partition coefficient (Wildman–Crippen LogP) is 1.34. The SMILES string of the molecule is CC(NC(=O)Nc1ccc(Cl)cc1)C(N)=O. The smallest absolute Gasteiger partial charge is 0.319 e. The van der Waals surface area contributed by atoms with Crippen LogP contribution in [-0.4, -0.2) is 18.0 Å². The summed E-state index contributed by atoms with van der Waals surface area (Å²) in [6.45, 7) is 1.50. The normalized spacial score (nSPS) is 11.6. The second kappa shape index (κ2) is 5.37. The van der Waals surface area contributed by atoms with Crippen LogP contribution in [0.1, 0.15) is 6.92 Å². The summed E-state index contributed by atoms with van der Waals surface area (Å²) >= 11 is 5.68. The van der Waals surface area contributed by atoms with E-state index in [-0.39, 0.29) is 0 Å². The molecule has 0 radical (unpaired) electrons. The Labute approximate surface area is 98.0 Å². The van der Waals surface area contributed by atoms with Gasteiger partial charge in [-0.3, -0.25) is 4.79 Å². The highest BCUT2D eigenvalue weighted by Crippen LogP contribution is 2.12. The molecular weight excluding hydrogens is 230 g/mol. The molecule has 1 aromatic carbocycles. The van der Waals surface area contributed by atoms with Crippen molar-refractivity contribution >= 4 is 29.2 Å². The first-order chi connectivity index (χ1) is 7.49. The van der Waals surface area contributed by atoms with Crippen LogP contribution in [0.2, 0.25) is 5.02 Å². The summed E-state index contributed by atoms with van der Waals surface area (Å²) in [5, 5.41) is 5.50. The monoisotopic (exact) mass is 241 g/mol. The maximum Gasteiger partial charge on any atom is 0.319 e. The topological polar surface area (TPSA) is 84.2 Å². The third kappa shape index (κ3) is 3.78. The number of hydrogen-bond acceptors (Lipinski definition) is 2. The van der Waals surface area contributed by atoms with E-state index in [0.29, 0.717) is 10.7 Å². The second-order valence-electron chi connectivity index (χ2n) is 3.23. The predicted molar refractivity (Wildman–Crippen MR) is 62.3 cm³/mol. The van der Waals surface area contributed by atoms with Gasteiger partial charge in [-0.1, -0.05) is 11.6 Å². The molecular formula is C10H12ClN3O2. The Morgan fingerprint density at radius 2 is 1.88 bits per heavy atom. The molecule has 1 unspecified atom stereocenters. The van der Waals surface area contributed by atoms with Crippen molar-refractivity contribution in [3.05, 3.63) is 29.3 Å². The van der Waals surface area contributed by atoms with Crippen LogP contribution in [0.15, 0.2) is 24.3 Å². The Morgan fingerprint density at radius 3 is 2.38 bits per heavy atom. The molecule has 5 nitrogen and oxygen atoms in total. The highest BCUT2D eigenvalue weighted by atomic mass is 35.5. The average Bonchev–Trinajstić information content (AvgIpc) is 2.21. The van der Waals surface area contributed by atoms with E-state index >= 15 is 0 Å². The van der Waals surface area contributed by atoms with Crippen molar-refractivity contribution in [1.82, 2.24) is 5.32 Å². The molecule has 1 rings (SSSR count). The average molecular weight is 242 g/mol. The number of urea groups is 1. The largest absolute Gasteiger partial charge is 0.368 e. The van der Waals surface area contributed by atoms with Crippen molar-refractivity contribution < 1.29 is 9.59 Å². The first-order valence-corrected chi connectivity index (χ1v) is 4.99. The molecule has 16 heavy (non-hydrogen) atoms. The van der Waals surface area contributed by atoms with Gasteiger partial charge < -0.3 is 16.4 Å². The summed E-state index contributed by atoms with van der Waals surface area (Å²) in [5.41, 5.74) is 5.58. The molecule has 0 saturated heterocycles. The zero-order valence-corrected chi connectivity index (χ0v) is 9.41. The number of halogens is 1. The fraction of sp³-hybridized carbons (Fsp3) is 0.200. The molecule has 0 aromatic heterocycles. The van der Waals surface area contributed by atoms with E-state index in [1.165, 1.54) is 6.92 Å². The van der Waals surface area contributed by atoms with Gasteiger partial charge in [-0.25, -0.2) is 4.79 Å². The number of nitrogens with two attached hydrogens (primary N) is 1. The van der Waals surface area contributed by atoms with Crippen molar-refractivity contribution in [2.24, 2.45) is 5.73 Å². The van der Waals surface area contributed by atoms with Crippen molar-refractivity contribution in [2.45, 2.75) is 13.0 Å². The van der Waals surface area contributed by atoms with Gasteiger partial charge in [-0.2, -0.15) is 0 Å². The minimum Gasteiger partial charge on any atom is -0.368 e. The molecule has 0 aliphatic rings. The van der Waals surface area contributed by atoms with E-state index < -0.39 is 18.0 Å². The van der Waals surface area contributed by atoms with Crippen molar-refractivity contribution in [3.63, 3.8) is 0 Å². The van der Waals surface area contributed by atoms with Crippen LogP contribution < -0.4 is 16.4 Å². The van der Waals surface area contributed by atoms with E-state index in [9.17, 15) is 9.59 Å². The minimum atomic E-state index is -0.715. The number of benzene rings is 1. The Bertz CT molecular complexity index is 392. The first-order valence-electron chi connectivity index (χ1n) is 4.61. The Hall–Kier alpha value is -1.75. The molecule has 86 valence electrons. The first kappa shape index (κ1) is 12.3. The van der Waals surface area contributed by atoms with E-state index in [2.05, 4.69) is 10.6 Å². The number of hydrogen-bond donors (Lipinski definition) is 3. The second-order valence-corrected chi connectivity index (χ2v) is 3.67. The Morgan fingerprint density at radius 1 is 1.31 bits per heavy atom. The maximum atomic E-state index is 11.3. The van der Waals surface area contributed by atoms with Crippen molar-refractivity contribution in [2.75, 3.05) is 5.32 Å². The summed E-state index contributed by atoms with van der Waals surface area (Å²) in [4.78, 5) is 22.0. The minimum absolute atomic E-state index is 0.492. The summed E-state index contributed by atoms with van der Waals surface area (Å²) in [6.07, 6.45) is 0. The number of rotatable bonds is 3. The van der Waals surface area contributed by atoms with E-state index in [4.69, 9.17) is 17.3 Å². The molecule has 6 heteroatoms. The molecule has 0 bridgehead atoms. The van der Waals surface area contributed by atoms with Crippen LogP contribution in [0.3, 0.4) is 0 Å². The number of anilines is 1. The molecule has 4 N–H and O–H groups in total. The molecule has 0 heterocycles. The van der Waals surface area contributed by atoms with Gasteiger partial charge in [0, 0.05) is 10.7 Å². The highest BCUT2D eigenvalue weighted by Gasteiger charge is 2.11. The summed E-state index contributed by atoms with van der Waals surface area (Å²) in [6, 6.07) is 5.39. The van der Waals surface area contributed by atoms with E-state index in [1.807, 2.05) is 0 Å². The third-order valence-electron chi connectivity index (χ3n) is 1.88. The standard InChI is InChI=1S/C10H12ClN3O2/c1-6(9(12)15)13-10(16)14-8-4-2-7(11)3-5-8/h2-6H,1H3,(H2,12,15)(H2,13,14,16). The molecule has 0 aliphatic heterocycles. The van der Waals surface area contributed by atoms with Crippen LogP contribution >= 0.6 is 11.6 Å². The zero-order chi connectivity index (χ0) is 12.1. The van der Waals surface area contributed by atoms with Gasteiger partial charge in [0.25, 0.3) is 0 Å². The molecule has 1 aromatic rings. The summed E-state index contributed by atoms with van der Waals surface area (Å²) in [5.74, 6) is -0.591. The lowest BCUT2D eigenvalue weighted by Crippen LogP contribution is -2.44. The lowest BCUT2D eigenvalue weighted by atomic mass is 10.3. The molecule has 0 saturated carbocycles. The van der Waals surface area contributed by atoms with Crippen molar-refractivity contribution in [1.29, 1.82) is 0 Å². The van der Waals surface area contributed by atoms with E-state index in [1.54, 1.807) is 24.3 Å². The van der Waals surface area contributed by atoms with Gasteiger partial charge in [0.05, 0.1) is 0 Å². The van der Waals surface area contributed by atoms with Gasteiger partial charge in [-0.05, 0) is 31.2 Å². The zero-order valence-electron chi connectivity index (χ0n) is 8.66. The number of carbonyl (C=O) groups excluding carboxylic acids is 2.